The van der Waals surface area contributed by atoms with Gasteiger partial charge in [-0.2, -0.15) is 0 Å². The van der Waals surface area contributed by atoms with Crippen molar-refractivity contribution in [1.29, 1.82) is 0 Å². The van der Waals surface area contributed by atoms with Crippen LogP contribution >= 0.6 is 0 Å². The molecule has 0 fully saturated rings. The molecule has 1 unspecified atom stereocenters. The van der Waals surface area contributed by atoms with E-state index in [2.05, 4.69) is 5.73 Å². The van der Waals surface area contributed by atoms with Crippen LogP contribution in [0.5, 0.6) is 0 Å². The molecule has 0 aromatic carbocycles. The Labute approximate surface area is 75.9 Å². The molecule has 0 heterocycles. The minimum Gasteiger partial charge on any atom is -0.382 e. The average molecular weight is 198 g/mol. The van der Waals surface area contributed by atoms with E-state index >= 15 is 0 Å². The highest BCUT2D eigenvalue weighted by Crippen LogP contribution is 2.14. The lowest BCUT2D eigenvalue weighted by atomic mass is 10.3. The zero-order chi connectivity index (χ0) is 11.1. The zero-order valence-corrected chi connectivity index (χ0v) is 7.76. The van der Waals surface area contributed by atoms with Gasteiger partial charge in [-0.15, -0.1) is 0 Å². The largest absolute Gasteiger partial charge is 0.382 e. The highest BCUT2D eigenvalue weighted by atomic mass is 19.3. The number of rotatable bonds is 3. The summed E-state index contributed by atoms with van der Waals surface area (Å²) in [6.07, 6.45) is -1.24. The third kappa shape index (κ3) is 14.1. The lowest BCUT2D eigenvalue weighted by molar-refractivity contribution is -0.125. The summed E-state index contributed by atoms with van der Waals surface area (Å²) in [4.78, 5) is 9.82. The van der Waals surface area contributed by atoms with Gasteiger partial charge in [-0.1, -0.05) is 6.92 Å². The van der Waals surface area contributed by atoms with Crippen molar-refractivity contribution in [2.75, 3.05) is 6.54 Å². The maximum atomic E-state index is 11.5. The third-order valence-corrected chi connectivity index (χ3v) is 1.17. The van der Waals surface area contributed by atoms with Gasteiger partial charge >= 0.3 is 0 Å². The van der Waals surface area contributed by atoms with Crippen molar-refractivity contribution in [2.45, 2.75) is 32.3 Å². The van der Waals surface area contributed by atoms with Crippen LogP contribution in [-0.2, 0) is 4.79 Å². The summed E-state index contributed by atoms with van der Waals surface area (Å²) < 4.78 is 22.9. The number of hydrogen-bond donors (Lipinski definition) is 3. The van der Waals surface area contributed by atoms with Gasteiger partial charge in [0.25, 0.3) is 0 Å². The van der Waals surface area contributed by atoms with E-state index in [1.165, 1.54) is 6.92 Å². The topological polar surface area (TPSA) is 89.3 Å². The van der Waals surface area contributed by atoms with Gasteiger partial charge in [0, 0.05) is 13.0 Å². The molecule has 80 valence electrons. The number of halogens is 2. The summed E-state index contributed by atoms with van der Waals surface area (Å²) in [6.45, 7) is 2.27. The van der Waals surface area contributed by atoms with Crippen molar-refractivity contribution in [3.63, 3.8) is 0 Å². The molecular weight excluding hydrogens is 182 g/mol. The molecule has 0 radical (unpaired) electrons. The number of carbonyl (C=O) groups is 1. The summed E-state index contributed by atoms with van der Waals surface area (Å²) in [7, 11) is 0. The van der Waals surface area contributed by atoms with Crippen LogP contribution in [0.25, 0.3) is 0 Å². The Bertz CT molecular complexity index is 148. The molecule has 0 aromatic heterocycles. The van der Waals surface area contributed by atoms with Gasteiger partial charge in [0.05, 0.1) is 0 Å². The van der Waals surface area contributed by atoms with E-state index in [0.717, 1.165) is 6.92 Å². The van der Waals surface area contributed by atoms with Crippen LogP contribution < -0.4 is 11.5 Å². The Balaban J connectivity index is 0. The summed E-state index contributed by atoms with van der Waals surface area (Å²) in [5.41, 5.74) is 9.40. The predicted molar refractivity (Wildman–Crippen MR) is 45.2 cm³/mol. The van der Waals surface area contributed by atoms with E-state index < -0.39 is 17.9 Å². The second-order valence-corrected chi connectivity index (χ2v) is 2.58. The van der Waals surface area contributed by atoms with Gasteiger partial charge < -0.3 is 16.6 Å². The van der Waals surface area contributed by atoms with Crippen LogP contribution in [0.3, 0.4) is 0 Å². The first kappa shape index (κ1) is 14.8. The van der Waals surface area contributed by atoms with Crippen molar-refractivity contribution < 1.29 is 18.7 Å². The molecule has 0 rings (SSSR count). The molecule has 1 atom stereocenters. The quantitative estimate of drug-likeness (QED) is 0.588. The molecule has 0 aliphatic carbocycles. The molecule has 4 nitrogen and oxygen atoms in total. The van der Waals surface area contributed by atoms with Crippen LogP contribution in [0.4, 0.5) is 8.78 Å². The molecule has 13 heavy (non-hydrogen) atoms. The fourth-order valence-corrected chi connectivity index (χ4v) is 0.116. The van der Waals surface area contributed by atoms with Gasteiger partial charge in [-0.25, -0.2) is 8.78 Å². The second kappa shape index (κ2) is 6.73. The van der Waals surface area contributed by atoms with Gasteiger partial charge in [0.1, 0.15) is 6.10 Å². The predicted octanol–water partition coefficient (Wildman–Crippen LogP) is -0.157. The van der Waals surface area contributed by atoms with Gasteiger partial charge in [0.15, 0.2) is 0 Å². The van der Waals surface area contributed by atoms with Crippen LogP contribution in [0.15, 0.2) is 0 Å². The van der Waals surface area contributed by atoms with E-state index in [9.17, 15) is 13.6 Å². The van der Waals surface area contributed by atoms with Gasteiger partial charge in [-0.3, -0.25) is 4.79 Å². The smallest absolute Gasteiger partial charge is 0.247 e. The number of primary amides is 1. The van der Waals surface area contributed by atoms with E-state index in [1.807, 2.05) is 0 Å². The maximum Gasteiger partial charge on any atom is 0.247 e. The first-order valence-corrected chi connectivity index (χ1v) is 3.79. The zero-order valence-electron chi connectivity index (χ0n) is 7.76. The number of alkyl halides is 2. The minimum atomic E-state index is -2.46. The fourth-order valence-electron chi connectivity index (χ4n) is 0.116. The lowest BCUT2D eigenvalue weighted by Crippen LogP contribution is -2.34. The van der Waals surface area contributed by atoms with Crippen LogP contribution in [0.1, 0.15) is 20.3 Å². The fraction of sp³-hybridized carbons (Fsp3) is 0.857. The molecule has 0 aliphatic rings. The van der Waals surface area contributed by atoms with Crippen molar-refractivity contribution in [1.82, 2.24) is 0 Å². The average Bonchev–Trinajstić information content (AvgIpc) is 2.02. The Hall–Kier alpha value is -0.750. The molecule has 0 saturated carbocycles. The number of aliphatic hydroxyl groups excluding tert-OH is 1. The number of carbonyl (C=O) groups excluding carboxylic acids is 1. The van der Waals surface area contributed by atoms with E-state index in [1.54, 1.807) is 0 Å². The Morgan fingerprint density at radius 3 is 1.92 bits per heavy atom. The van der Waals surface area contributed by atoms with E-state index in [-0.39, 0.29) is 13.0 Å². The molecular formula is C7H16F2N2O2. The Morgan fingerprint density at radius 2 is 1.92 bits per heavy atom. The SMILES string of the molecule is CCC(C)(F)F.NCC(O)C(N)=O. The lowest BCUT2D eigenvalue weighted by Gasteiger charge is -2.02. The molecule has 0 aliphatic heterocycles. The van der Waals surface area contributed by atoms with Crippen LogP contribution in [0, 0.1) is 0 Å². The summed E-state index contributed by atoms with van der Waals surface area (Å²) in [5.74, 6) is -3.23. The molecule has 0 bridgehead atoms. The van der Waals surface area contributed by atoms with E-state index in [4.69, 9.17) is 10.8 Å². The van der Waals surface area contributed by atoms with Crippen molar-refractivity contribution in [3.05, 3.63) is 0 Å². The molecule has 0 spiro atoms. The number of hydrogen-bond acceptors (Lipinski definition) is 3. The van der Waals surface area contributed by atoms with Gasteiger partial charge in [0.2, 0.25) is 11.8 Å². The highest BCUT2D eigenvalue weighted by molar-refractivity contribution is 5.78. The van der Waals surface area contributed by atoms with Crippen LogP contribution in [-0.4, -0.2) is 29.6 Å². The molecule has 5 N–H and O–H groups in total. The molecule has 0 aromatic rings. The summed E-state index contributed by atoms with van der Waals surface area (Å²) >= 11 is 0. The Morgan fingerprint density at radius 1 is 1.62 bits per heavy atom. The summed E-state index contributed by atoms with van der Waals surface area (Å²) in [6, 6.07) is 0. The van der Waals surface area contributed by atoms with Crippen molar-refractivity contribution in [3.8, 4) is 0 Å². The maximum absolute atomic E-state index is 11.5. The summed E-state index contributed by atoms with van der Waals surface area (Å²) in [5, 5.41) is 8.34. The minimum absolute atomic E-state index is 0.0625. The first-order chi connectivity index (χ1) is 5.74. The first-order valence-electron chi connectivity index (χ1n) is 3.79. The third-order valence-electron chi connectivity index (χ3n) is 1.17. The molecule has 6 heteroatoms. The van der Waals surface area contributed by atoms with Crippen molar-refractivity contribution in [2.24, 2.45) is 11.5 Å². The van der Waals surface area contributed by atoms with E-state index in [0.29, 0.717) is 0 Å². The number of nitrogens with two attached hydrogens (primary N) is 2. The highest BCUT2D eigenvalue weighted by Gasteiger charge is 2.15. The molecule has 1 amide bonds. The monoisotopic (exact) mass is 198 g/mol. The van der Waals surface area contributed by atoms with Crippen LogP contribution in [0.2, 0.25) is 0 Å². The van der Waals surface area contributed by atoms with Gasteiger partial charge in [-0.05, 0) is 6.92 Å². The normalized spacial score (nSPS) is 12.8. The van der Waals surface area contributed by atoms with Crippen molar-refractivity contribution >= 4 is 5.91 Å². The standard InChI is InChI=1S/C4H8F2.C3H8N2O2/c1-3-4(2,5)6;4-1-2(6)3(5)7/h3H2,1-2H3;2,6H,1,4H2,(H2,5,7). The number of amides is 1. The number of aliphatic hydroxyl groups is 1. The molecule has 0 saturated heterocycles. The second-order valence-electron chi connectivity index (χ2n) is 2.58. The Kier molecular flexibility index (Phi) is 7.64.